The predicted octanol–water partition coefficient (Wildman–Crippen LogP) is 1.91. The lowest BCUT2D eigenvalue weighted by Crippen LogP contribution is -2.40. The first-order chi connectivity index (χ1) is 11.7. The Balaban J connectivity index is 1.46. The quantitative estimate of drug-likeness (QED) is 0.899. The van der Waals surface area contributed by atoms with E-state index in [9.17, 15) is 9.59 Å². The highest BCUT2D eigenvalue weighted by molar-refractivity contribution is 6.06. The number of rotatable bonds is 2. The standard InChI is InChI=1S/C18H22N2O4/c21-16-11-24-15-3-1-2-14(17(15)19-16)18(22)20-7-4-12(5-8-20)13-6-9-23-10-13/h1-3,12-13H,4-11H2,(H,19,21). The molecular formula is C18H22N2O4. The molecule has 0 saturated carbocycles. The summed E-state index contributed by atoms with van der Waals surface area (Å²) in [7, 11) is 0. The summed E-state index contributed by atoms with van der Waals surface area (Å²) in [6.07, 6.45) is 3.20. The van der Waals surface area contributed by atoms with Gasteiger partial charge in [-0.3, -0.25) is 9.59 Å². The van der Waals surface area contributed by atoms with Crippen molar-refractivity contribution >= 4 is 17.5 Å². The van der Waals surface area contributed by atoms with E-state index in [4.69, 9.17) is 9.47 Å². The van der Waals surface area contributed by atoms with Crippen LogP contribution in [0.1, 0.15) is 29.6 Å². The minimum Gasteiger partial charge on any atom is -0.482 e. The van der Waals surface area contributed by atoms with Crippen molar-refractivity contribution in [1.82, 2.24) is 4.90 Å². The van der Waals surface area contributed by atoms with Crippen molar-refractivity contribution in [3.8, 4) is 5.75 Å². The van der Waals surface area contributed by atoms with Gasteiger partial charge in [0.15, 0.2) is 6.61 Å². The van der Waals surface area contributed by atoms with Gasteiger partial charge in [-0.1, -0.05) is 6.07 Å². The summed E-state index contributed by atoms with van der Waals surface area (Å²) in [5, 5.41) is 2.77. The van der Waals surface area contributed by atoms with E-state index in [0.29, 0.717) is 28.8 Å². The normalized spacial score (nSPS) is 24.2. The summed E-state index contributed by atoms with van der Waals surface area (Å²) in [4.78, 5) is 26.4. The number of piperidine rings is 1. The van der Waals surface area contributed by atoms with Gasteiger partial charge in [-0.15, -0.1) is 0 Å². The van der Waals surface area contributed by atoms with Gasteiger partial charge in [0.05, 0.1) is 11.3 Å². The molecule has 0 radical (unpaired) electrons. The maximum atomic E-state index is 12.9. The molecule has 2 saturated heterocycles. The van der Waals surface area contributed by atoms with Crippen molar-refractivity contribution in [2.75, 3.05) is 38.2 Å². The van der Waals surface area contributed by atoms with Crippen molar-refractivity contribution in [1.29, 1.82) is 0 Å². The molecule has 0 spiro atoms. The third-order valence-corrected chi connectivity index (χ3v) is 5.34. The minimum absolute atomic E-state index is 0.000498. The molecule has 6 heteroatoms. The van der Waals surface area contributed by atoms with Crippen LogP contribution >= 0.6 is 0 Å². The average Bonchev–Trinajstić information content (AvgIpc) is 3.15. The summed E-state index contributed by atoms with van der Waals surface area (Å²) in [6.45, 7) is 3.27. The molecule has 3 aliphatic heterocycles. The zero-order chi connectivity index (χ0) is 16.5. The summed E-state index contributed by atoms with van der Waals surface area (Å²) in [5.41, 5.74) is 1.02. The molecule has 4 rings (SSSR count). The molecule has 0 aliphatic carbocycles. The molecule has 0 bridgehead atoms. The molecule has 128 valence electrons. The molecule has 1 unspecified atom stereocenters. The van der Waals surface area contributed by atoms with Crippen LogP contribution in [0, 0.1) is 11.8 Å². The van der Waals surface area contributed by atoms with Crippen molar-refractivity contribution < 1.29 is 19.1 Å². The molecule has 1 aromatic rings. The van der Waals surface area contributed by atoms with Gasteiger partial charge in [0.2, 0.25) is 0 Å². The topological polar surface area (TPSA) is 67.9 Å². The van der Waals surface area contributed by atoms with Gasteiger partial charge in [-0.05, 0) is 43.2 Å². The van der Waals surface area contributed by atoms with Crippen LogP contribution < -0.4 is 10.1 Å². The van der Waals surface area contributed by atoms with Gasteiger partial charge >= 0.3 is 0 Å². The largest absolute Gasteiger partial charge is 0.482 e. The number of hydrogen-bond donors (Lipinski definition) is 1. The van der Waals surface area contributed by atoms with E-state index >= 15 is 0 Å². The minimum atomic E-state index is -0.220. The number of para-hydroxylation sites is 1. The van der Waals surface area contributed by atoms with Crippen molar-refractivity contribution in [3.05, 3.63) is 23.8 Å². The number of anilines is 1. The maximum absolute atomic E-state index is 12.9. The number of ether oxygens (including phenoxy) is 2. The average molecular weight is 330 g/mol. The second kappa shape index (κ2) is 6.43. The third kappa shape index (κ3) is 2.86. The Morgan fingerprint density at radius 3 is 2.75 bits per heavy atom. The van der Waals surface area contributed by atoms with E-state index in [0.717, 1.165) is 45.6 Å². The number of hydrogen-bond acceptors (Lipinski definition) is 4. The number of likely N-dealkylation sites (tertiary alicyclic amines) is 1. The molecule has 2 amide bonds. The van der Waals surface area contributed by atoms with Crippen LogP contribution in [0.15, 0.2) is 18.2 Å². The van der Waals surface area contributed by atoms with Gasteiger partial charge in [0.25, 0.3) is 11.8 Å². The Hall–Kier alpha value is -2.08. The molecule has 1 N–H and O–H groups in total. The van der Waals surface area contributed by atoms with E-state index in [1.807, 2.05) is 4.90 Å². The number of nitrogens with zero attached hydrogens (tertiary/aromatic N) is 1. The molecule has 6 nitrogen and oxygen atoms in total. The molecule has 1 atom stereocenters. The molecule has 3 aliphatic rings. The Kier molecular flexibility index (Phi) is 4.14. The van der Waals surface area contributed by atoms with E-state index in [2.05, 4.69) is 5.32 Å². The van der Waals surface area contributed by atoms with Crippen LogP contribution in [-0.4, -0.2) is 49.6 Å². The smallest absolute Gasteiger partial charge is 0.262 e. The number of nitrogens with one attached hydrogen (secondary N) is 1. The fourth-order valence-corrected chi connectivity index (χ4v) is 3.95. The number of carbonyl (C=O) groups excluding carboxylic acids is 2. The van der Waals surface area contributed by atoms with Crippen LogP contribution in [0.3, 0.4) is 0 Å². The summed E-state index contributed by atoms with van der Waals surface area (Å²) in [6, 6.07) is 5.33. The lowest BCUT2D eigenvalue weighted by molar-refractivity contribution is -0.118. The van der Waals surface area contributed by atoms with Crippen LogP contribution in [0.2, 0.25) is 0 Å². The molecule has 1 aromatic carbocycles. The summed E-state index contributed by atoms with van der Waals surface area (Å²) < 4.78 is 10.9. The lowest BCUT2D eigenvalue weighted by Gasteiger charge is -2.35. The second-order valence-corrected chi connectivity index (χ2v) is 6.77. The zero-order valence-electron chi connectivity index (χ0n) is 13.6. The highest BCUT2D eigenvalue weighted by atomic mass is 16.5. The van der Waals surface area contributed by atoms with Gasteiger partial charge in [-0.2, -0.15) is 0 Å². The Labute approximate surface area is 141 Å². The molecule has 2 fully saturated rings. The van der Waals surface area contributed by atoms with E-state index in [-0.39, 0.29) is 18.4 Å². The van der Waals surface area contributed by atoms with Crippen molar-refractivity contribution in [2.24, 2.45) is 11.8 Å². The Morgan fingerprint density at radius 1 is 1.17 bits per heavy atom. The van der Waals surface area contributed by atoms with Gasteiger partial charge < -0.3 is 19.7 Å². The van der Waals surface area contributed by atoms with E-state index < -0.39 is 0 Å². The van der Waals surface area contributed by atoms with Gasteiger partial charge in [-0.25, -0.2) is 0 Å². The number of fused-ring (bicyclic) bond motifs is 1. The van der Waals surface area contributed by atoms with Crippen LogP contribution in [0.25, 0.3) is 0 Å². The third-order valence-electron chi connectivity index (χ3n) is 5.34. The first-order valence-corrected chi connectivity index (χ1v) is 8.65. The Morgan fingerprint density at radius 2 is 2.00 bits per heavy atom. The van der Waals surface area contributed by atoms with E-state index in [1.165, 1.54) is 0 Å². The second-order valence-electron chi connectivity index (χ2n) is 6.77. The number of benzene rings is 1. The van der Waals surface area contributed by atoms with Crippen molar-refractivity contribution in [3.63, 3.8) is 0 Å². The lowest BCUT2D eigenvalue weighted by atomic mass is 9.84. The highest BCUT2D eigenvalue weighted by Gasteiger charge is 2.32. The number of carbonyl (C=O) groups is 2. The fraction of sp³-hybridized carbons (Fsp3) is 0.556. The first kappa shape index (κ1) is 15.4. The van der Waals surface area contributed by atoms with Crippen LogP contribution in [-0.2, 0) is 9.53 Å². The molecule has 0 aromatic heterocycles. The first-order valence-electron chi connectivity index (χ1n) is 8.65. The highest BCUT2D eigenvalue weighted by Crippen LogP contribution is 2.34. The van der Waals surface area contributed by atoms with Crippen molar-refractivity contribution in [2.45, 2.75) is 19.3 Å². The van der Waals surface area contributed by atoms with Gasteiger partial charge in [0, 0.05) is 26.3 Å². The molecule has 3 heterocycles. The predicted molar refractivity (Wildman–Crippen MR) is 88.1 cm³/mol. The maximum Gasteiger partial charge on any atom is 0.262 e. The SMILES string of the molecule is O=C1COc2cccc(C(=O)N3CCC(C4CCOC4)CC3)c2N1. The summed E-state index contributed by atoms with van der Waals surface area (Å²) >= 11 is 0. The van der Waals surface area contributed by atoms with Crippen LogP contribution in [0.5, 0.6) is 5.75 Å². The fourth-order valence-electron chi connectivity index (χ4n) is 3.95. The van der Waals surface area contributed by atoms with Gasteiger partial charge in [0.1, 0.15) is 5.75 Å². The monoisotopic (exact) mass is 330 g/mol. The molecule has 24 heavy (non-hydrogen) atoms. The molecular weight excluding hydrogens is 308 g/mol. The Bertz CT molecular complexity index is 646. The number of amides is 2. The zero-order valence-corrected chi connectivity index (χ0v) is 13.6. The van der Waals surface area contributed by atoms with Crippen LogP contribution in [0.4, 0.5) is 5.69 Å². The van der Waals surface area contributed by atoms with E-state index in [1.54, 1.807) is 18.2 Å². The summed E-state index contributed by atoms with van der Waals surface area (Å²) in [5.74, 6) is 1.63.